The highest BCUT2D eigenvalue weighted by Crippen LogP contribution is 2.16. The molecular formula is C23H35N5O8. The van der Waals surface area contributed by atoms with Crippen LogP contribution in [-0.2, 0) is 33.5 Å². The smallest absolute Gasteiger partial charge is 0.312 e. The summed E-state index contributed by atoms with van der Waals surface area (Å²) in [5.74, 6) is -3.39. The van der Waals surface area contributed by atoms with Crippen molar-refractivity contribution < 1.29 is 39.7 Å². The highest BCUT2D eigenvalue weighted by atomic mass is 16.5. The molecule has 2 atom stereocenters. The molecular weight excluding hydrogens is 474 g/mol. The van der Waals surface area contributed by atoms with Crippen LogP contribution in [0.1, 0.15) is 40.9 Å². The molecule has 6 amide bonds. The maximum atomic E-state index is 13.0. The van der Waals surface area contributed by atoms with Gasteiger partial charge in [0.15, 0.2) is 5.78 Å². The van der Waals surface area contributed by atoms with Crippen LogP contribution in [0.25, 0.3) is 0 Å². The number of hydrogen-bond acceptors (Lipinski definition) is 8. The van der Waals surface area contributed by atoms with Gasteiger partial charge < -0.3 is 31.2 Å². The maximum Gasteiger partial charge on any atom is 0.312 e. The van der Waals surface area contributed by atoms with Gasteiger partial charge in [-0.05, 0) is 18.8 Å². The summed E-state index contributed by atoms with van der Waals surface area (Å²) in [5, 5.41) is 7.36. The predicted molar refractivity (Wildman–Crippen MR) is 127 cm³/mol. The molecule has 0 saturated carbocycles. The first kappa shape index (κ1) is 28.6. The van der Waals surface area contributed by atoms with Gasteiger partial charge in [-0.2, -0.15) is 0 Å². The molecule has 0 aromatic heterocycles. The third kappa shape index (κ3) is 11.2. The number of nitrogens with one attached hydrogen (secondary N) is 3. The van der Waals surface area contributed by atoms with Crippen LogP contribution in [-0.4, -0.2) is 85.5 Å². The Labute approximate surface area is 210 Å². The number of aldehydes is 1. The molecule has 0 saturated heterocycles. The Balaban J connectivity index is 2.58. The molecule has 0 bridgehead atoms. The molecule has 0 spiro atoms. The second-order valence-electron chi connectivity index (χ2n) is 8.48. The van der Waals surface area contributed by atoms with Crippen LogP contribution >= 0.6 is 0 Å². The van der Waals surface area contributed by atoms with E-state index >= 15 is 0 Å². The molecule has 5 N–H and O–H groups in total. The van der Waals surface area contributed by atoms with Crippen LogP contribution in [0.4, 0.5) is 4.79 Å². The molecule has 1 heterocycles. The van der Waals surface area contributed by atoms with E-state index in [1.54, 1.807) is 13.8 Å². The molecule has 1 aliphatic rings. The number of ether oxygens (including phenoxy) is 1. The number of amides is 6. The number of Topliss-reactive ketones (excluding diaryl/α,β-unsaturated/α-hetero) is 1. The maximum absolute atomic E-state index is 13.0. The number of primary amides is 1. The quantitative estimate of drug-likeness (QED) is 0.100. The Bertz CT molecular complexity index is 890. The van der Waals surface area contributed by atoms with Crippen molar-refractivity contribution in [1.29, 1.82) is 0 Å². The largest absolute Gasteiger partial charge is 0.379 e. The second-order valence-corrected chi connectivity index (χ2v) is 8.48. The van der Waals surface area contributed by atoms with E-state index in [1.165, 1.54) is 12.2 Å². The van der Waals surface area contributed by atoms with E-state index in [-0.39, 0.29) is 57.3 Å². The summed E-state index contributed by atoms with van der Waals surface area (Å²) in [6.45, 7) is 3.29. The fraction of sp³-hybridized carbons (Fsp3) is 0.609. The molecule has 13 heteroatoms. The van der Waals surface area contributed by atoms with Crippen LogP contribution < -0.4 is 21.7 Å². The van der Waals surface area contributed by atoms with Gasteiger partial charge in [0.1, 0.15) is 7.63 Å². The first-order chi connectivity index (χ1) is 17.4. The Hall–Kier alpha value is -3.61. The molecule has 0 fully saturated rings. The fourth-order valence-corrected chi connectivity index (χ4v) is 3.46. The van der Waals surface area contributed by atoms with Crippen LogP contribution in [0.3, 0.4) is 0 Å². The monoisotopic (exact) mass is 510 g/mol. The third-order valence-corrected chi connectivity index (χ3v) is 5.35. The molecule has 0 unspecified atom stereocenters. The Morgan fingerprint density at radius 1 is 1.14 bits per heavy atom. The van der Waals surface area contributed by atoms with Gasteiger partial charge in [-0.15, -0.1) is 0 Å². The van der Waals surface area contributed by atoms with E-state index in [2.05, 4.69) is 16.0 Å². The molecule has 0 radical (unpaired) electrons. The summed E-state index contributed by atoms with van der Waals surface area (Å²) >= 11 is 0. The van der Waals surface area contributed by atoms with Crippen molar-refractivity contribution in [1.82, 2.24) is 20.9 Å². The van der Waals surface area contributed by atoms with Crippen molar-refractivity contribution >= 4 is 41.7 Å². The van der Waals surface area contributed by atoms with Gasteiger partial charge in [-0.25, -0.2) is 4.79 Å². The van der Waals surface area contributed by atoms with E-state index in [9.17, 15) is 33.6 Å². The Morgan fingerprint density at radius 2 is 1.81 bits per heavy atom. The number of ketones is 1. The lowest BCUT2D eigenvalue weighted by Crippen LogP contribution is -2.46. The first-order valence-corrected chi connectivity index (χ1v) is 11.7. The average Bonchev–Trinajstić information content (AvgIpc) is 3.14. The Kier molecular flexibility index (Phi) is 12.8. The Morgan fingerprint density at radius 3 is 2.39 bits per heavy atom. The van der Waals surface area contributed by atoms with Gasteiger partial charge in [0.25, 0.3) is 11.8 Å². The van der Waals surface area contributed by atoms with Gasteiger partial charge in [-0.3, -0.25) is 28.9 Å². The lowest BCUT2D eigenvalue weighted by atomic mass is 9.89. The summed E-state index contributed by atoms with van der Waals surface area (Å²) in [5.41, 5.74) is 5.02. The van der Waals surface area contributed by atoms with Crippen LogP contribution in [0, 0.1) is 11.8 Å². The molecule has 13 nitrogen and oxygen atoms in total. The zero-order valence-electron chi connectivity index (χ0n) is 21.5. The van der Waals surface area contributed by atoms with Gasteiger partial charge >= 0.3 is 6.03 Å². The normalized spacial score (nSPS) is 14.9. The fourth-order valence-electron chi connectivity index (χ4n) is 3.46. The number of nitrogens with zero attached hydrogens (tertiary/aromatic N) is 1. The SMILES string of the molecule is [2H]C(=O)CNC(=O)[C@H](CCCNC(N)=O)CC(=O)[C@@H](NC(=O)CCOCCN1C(=O)C=CC1=O)C(C)C. The van der Waals surface area contributed by atoms with Crippen LogP contribution in [0.2, 0.25) is 0 Å². The lowest BCUT2D eigenvalue weighted by molar-refractivity contribution is -0.138. The number of urea groups is 1. The van der Waals surface area contributed by atoms with Crippen molar-refractivity contribution in [3.63, 3.8) is 0 Å². The summed E-state index contributed by atoms with van der Waals surface area (Å²) in [7, 11) is 0. The number of rotatable bonds is 18. The van der Waals surface area contributed by atoms with Gasteiger partial charge in [0, 0.05) is 37.5 Å². The van der Waals surface area contributed by atoms with Crippen molar-refractivity contribution in [3.05, 3.63) is 12.2 Å². The average molecular weight is 511 g/mol. The number of hydrogen-bond donors (Lipinski definition) is 4. The highest BCUT2D eigenvalue weighted by Gasteiger charge is 2.29. The van der Waals surface area contributed by atoms with Gasteiger partial charge in [-0.1, -0.05) is 13.8 Å². The molecule has 1 aliphatic heterocycles. The number of nitrogens with two attached hydrogens (primary N) is 1. The summed E-state index contributed by atoms with van der Waals surface area (Å²) in [6.07, 6.45) is 1.60. The number of carbonyl (C=O) groups is 7. The minimum atomic E-state index is -0.987. The summed E-state index contributed by atoms with van der Waals surface area (Å²) < 4.78 is 12.3. The highest BCUT2D eigenvalue weighted by molar-refractivity contribution is 6.12. The molecule has 1 rings (SSSR count). The van der Waals surface area contributed by atoms with E-state index in [4.69, 9.17) is 11.8 Å². The minimum absolute atomic E-state index is 0.00748. The lowest BCUT2D eigenvalue weighted by Gasteiger charge is -2.24. The van der Waals surface area contributed by atoms with Gasteiger partial charge in [0.05, 0.1) is 32.3 Å². The van der Waals surface area contributed by atoms with E-state index in [1.807, 2.05) is 0 Å². The third-order valence-electron chi connectivity index (χ3n) is 5.35. The molecule has 200 valence electrons. The standard InChI is InChI=1S/C23H35N5O8/c1-15(2)21(27-18(31)7-12-36-13-10-28-19(32)5-6-20(28)33)17(30)14-16(22(34)25-9-11-29)4-3-8-26-23(24)35/h5-6,11,15-16,21H,3-4,7-10,12-14H2,1-2H3,(H,25,34)(H,27,31)(H3,24,26,35)/t16-,21+/m1/s1/i11D. The molecule has 0 aromatic rings. The first-order valence-electron chi connectivity index (χ1n) is 12.2. The topological polar surface area (TPSA) is 194 Å². The van der Waals surface area contributed by atoms with E-state index in [0.29, 0.717) is 6.42 Å². The minimum Gasteiger partial charge on any atom is -0.379 e. The molecule has 0 aliphatic carbocycles. The zero-order chi connectivity index (χ0) is 28.0. The number of imide groups is 1. The van der Waals surface area contributed by atoms with E-state index in [0.717, 1.165) is 4.90 Å². The zero-order valence-corrected chi connectivity index (χ0v) is 20.5. The molecule has 0 aromatic carbocycles. The van der Waals surface area contributed by atoms with Crippen molar-refractivity contribution in [2.24, 2.45) is 17.6 Å². The predicted octanol–water partition coefficient (Wildman–Crippen LogP) is -1.20. The summed E-state index contributed by atoms with van der Waals surface area (Å²) in [4.78, 5) is 83.6. The summed E-state index contributed by atoms with van der Waals surface area (Å²) in [6, 6.07) is -1.60. The van der Waals surface area contributed by atoms with Crippen molar-refractivity contribution in [2.75, 3.05) is 32.8 Å². The number of carbonyl (C=O) groups excluding carboxylic acids is 7. The van der Waals surface area contributed by atoms with Crippen LogP contribution in [0.5, 0.6) is 0 Å². The van der Waals surface area contributed by atoms with Crippen molar-refractivity contribution in [2.45, 2.75) is 45.6 Å². The van der Waals surface area contributed by atoms with E-state index < -0.39 is 54.4 Å². The van der Waals surface area contributed by atoms with Crippen molar-refractivity contribution in [3.8, 4) is 0 Å². The van der Waals surface area contributed by atoms with Crippen LogP contribution in [0.15, 0.2) is 12.2 Å². The second kappa shape index (κ2) is 16.1. The molecule has 36 heavy (non-hydrogen) atoms. The van der Waals surface area contributed by atoms with Gasteiger partial charge in [0.2, 0.25) is 11.8 Å².